The van der Waals surface area contributed by atoms with Gasteiger partial charge >= 0.3 is 0 Å². The molecule has 2 heterocycles. The molecule has 264 valence electrons. The van der Waals surface area contributed by atoms with Crippen LogP contribution >= 0.6 is 0 Å². The highest BCUT2D eigenvalue weighted by atomic mass is 16.5. The van der Waals surface area contributed by atoms with Gasteiger partial charge in [-0.15, -0.1) is 0 Å². The lowest BCUT2D eigenvalue weighted by Gasteiger charge is -2.34. The number of aryl methyl sites for hydroxylation is 1. The molecule has 5 aliphatic rings. The summed E-state index contributed by atoms with van der Waals surface area (Å²) in [5.41, 5.74) is 13.8. The van der Waals surface area contributed by atoms with Crippen LogP contribution in [0.2, 0.25) is 0 Å². The van der Waals surface area contributed by atoms with E-state index in [0.29, 0.717) is 0 Å². The molecule has 0 amide bonds. The predicted octanol–water partition coefficient (Wildman–Crippen LogP) is 12.9. The van der Waals surface area contributed by atoms with Gasteiger partial charge in [0.1, 0.15) is 23.4 Å². The molecule has 4 aliphatic carbocycles. The summed E-state index contributed by atoms with van der Waals surface area (Å²) in [7, 11) is 0. The van der Waals surface area contributed by atoms with Crippen LogP contribution in [0.15, 0.2) is 162 Å². The smallest absolute Gasteiger partial charge is 0.138 e. The Kier molecular flexibility index (Phi) is 9.09. The molecule has 3 nitrogen and oxygen atoms in total. The van der Waals surface area contributed by atoms with Gasteiger partial charge in [-0.25, -0.2) is 0 Å². The van der Waals surface area contributed by atoms with E-state index in [1.165, 1.54) is 55.7 Å². The highest BCUT2D eigenvalue weighted by Crippen LogP contribution is 2.45. The van der Waals surface area contributed by atoms with Crippen LogP contribution in [-0.2, 0) is 17.6 Å². The lowest BCUT2D eigenvalue weighted by Crippen LogP contribution is -2.29. The summed E-state index contributed by atoms with van der Waals surface area (Å²) in [6, 6.07) is 24.2. The molecule has 0 fully saturated rings. The van der Waals surface area contributed by atoms with E-state index in [1.807, 2.05) is 0 Å². The van der Waals surface area contributed by atoms with Gasteiger partial charge < -0.3 is 14.0 Å². The number of hydrogen-bond donors (Lipinski definition) is 0. The maximum atomic E-state index is 7.36. The monoisotopic (exact) mass is 693 g/mol. The van der Waals surface area contributed by atoms with Gasteiger partial charge in [-0.2, -0.15) is 0 Å². The molecule has 9 rings (SSSR count). The molecule has 0 saturated heterocycles. The minimum Gasteiger partial charge on any atom is -0.490 e. The van der Waals surface area contributed by atoms with Crippen molar-refractivity contribution in [3.8, 4) is 11.5 Å². The molecule has 2 atom stereocenters. The van der Waals surface area contributed by atoms with Crippen LogP contribution in [0.1, 0.15) is 73.4 Å². The highest BCUT2D eigenvalue weighted by Gasteiger charge is 2.33. The molecule has 0 bridgehead atoms. The number of allylic oxidation sites excluding steroid dienone is 15. The molecule has 0 spiro atoms. The molecule has 1 aliphatic heterocycles. The zero-order valence-corrected chi connectivity index (χ0v) is 30.9. The Morgan fingerprint density at radius 1 is 0.792 bits per heavy atom. The van der Waals surface area contributed by atoms with E-state index >= 15 is 0 Å². The maximum absolute atomic E-state index is 7.36. The lowest BCUT2D eigenvalue weighted by molar-refractivity contribution is 0.105. The van der Waals surface area contributed by atoms with Gasteiger partial charge in [-0.05, 0) is 110 Å². The van der Waals surface area contributed by atoms with Crippen molar-refractivity contribution in [2.75, 3.05) is 0 Å². The van der Waals surface area contributed by atoms with E-state index in [-0.39, 0.29) is 12.0 Å². The van der Waals surface area contributed by atoms with E-state index < -0.39 is 0 Å². The average molecular weight is 694 g/mol. The Morgan fingerprint density at radius 3 is 2.45 bits per heavy atom. The second-order valence-corrected chi connectivity index (χ2v) is 14.8. The molecule has 3 heteroatoms. The van der Waals surface area contributed by atoms with Gasteiger partial charge in [-0.3, -0.25) is 0 Å². The van der Waals surface area contributed by atoms with Crippen molar-refractivity contribution in [3.63, 3.8) is 0 Å². The predicted molar refractivity (Wildman–Crippen MR) is 220 cm³/mol. The van der Waals surface area contributed by atoms with E-state index in [0.717, 1.165) is 79.8 Å². The van der Waals surface area contributed by atoms with Crippen molar-refractivity contribution in [1.29, 1.82) is 0 Å². The van der Waals surface area contributed by atoms with Gasteiger partial charge in [0.2, 0.25) is 0 Å². The van der Waals surface area contributed by atoms with Crippen LogP contribution in [-0.4, -0.2) is 10.7 Å². The number of aromatic nitrogens is 1. The van der Waals surface area contributed by atoms with Gasteiger partial charge in [0, 0.05) is 41.0 Å². The number of hydrogen-bond acceptors (Lipinski definition) is 2. The van der Waals surface area contributed by atoms with E-state index in [9.17, 15) is 0 Å². The third-order valence-corrected chi connectivity index (χ3v) is 11.6. The second kappa shape index (κ2) is 14.5. The normalized spacial score (nSPS) is 21.2. The number of para-hydroxylation sites is 3. The Bertz CT molecular complexity index is 2380. The van der Waals surface area contributed by atoms with Crippen molar-refractivity contribution in [3.05, 3.63) is 190 Å². The van der Waals surface area contributed by atoms with Crippen molar-refractivity contribution < 1.29 is 9.47 Å². The molecule has 2 unspecified atom stereocenters. The summed E-state index contributed by atoms with van der Waals surface area (Å²) >= 11 is 0. The first-order valence-corrected chi connectivity index (χ1v) is 19.5. The van der Waals surface area contributed by atoms with Crippen LogP contribution in [0, 0.1) is 12.8 Å². The Hall–Kier alpha value is -5.54. The Morgan fingerprint density at radius 2 is 1.60 bits per heavy atom. The molecule has 4 aromatic rings. The molecule has 3 aromatic carbocycles. The number of rotatable bonds is 4. The minimum atomic E-state index is -0.0555. The van der Waals surface area contributed by atoms with Gasteiger partial charge in [-0.1, -0.05) is 115 Å². The minimum absolute atomic E-state index is 0.0555. The summed E-state index contributed by atoms with van der Waals surface area (Å²) in [5.74, 6) is 3.10. The van der Waals surface area contributed by atoms with Gasteiger partial charge in [0.05, 0.1) is 11.2 Å². The van der Waals surface area contributed by atoms with Crippen LogP contribution in [0.5, 0.6) is 11.5 Å². The van der Waals surface area contributed by atoms with Gasteiger partial charge in [0.15, 0.2) is 0 Å². The summed E-state index contributed by atoms with van der Waals surface area (Å²) < 4.78 is 17.0. The molecular formula is C50H47NO2. The fourth-order valence-electron chi connectivity index (χ4n) is 8.99. The standard InChI is InChI=1S/C50H47NO2/c1-3-40(49-34(2)41-25-12-13-28-45(41)51(49)39-23-8-5-9-24-39)43-27-16-22-38-32-36-20-10-14-29-46(36)52-48-31-17-26-42(35-18-6-4-7-19-35)44(48)33-37-21-11-15-30-47(37)53-50(38)43/h3-6,8,10-13,15-18,20-23,25-28,30-31,44,48H,7,9,14,19,24,29,32-33H2,1-2H3/b40-3-. The second-order valence-electron chi connectivity index (χ2n) is 14.8. The van der Waals surface area contributed by atoms with Crippen LogP contribution in [0.4, 0.5) is 0 Å². The average Bonchev–Trinajstić information content (AvgIpc) is 3.50. The third kappa shape index (κ3) is 6.23. The van der Waals surface area contributed by atoms with Crippen molar-refractivity contribution >= 4 is 22.2 Å². The number of fused-ring (bicyclic) bond motifs is 4. The molecule has 0 N–H and O–H groups in total. The summed E-state index contributed by atoms with van der Waals surface area (Å²) in [4.78, 5) is 0. The van der Waals surface area contributed by atoms with Crippen molar-refractivity contribution in [2.45, 2.75) is 71.3 Å². The largest absolute Gasteiger partial charge is 0.490 e. The third-order valence-electron chi connectivity index (χ3n) is 11.6. The summed E-state index contributed by atoms with van der Waals surface area (Å²) in [6.45, 7) is 4.45. The first-order chi connectivity index (χ1) is 26.2. The first kappa shape index (κ1) is 33.3. The Balaban J connectivity index is 1.23. The van der Waals surface area contributed by atoms with E-state index in [1.54, 1.807) is 0 Å². The highest BCUT2D eigenvalue weighted by molar-refractivity contribution is 5.97. The lowest BCUT2D eigenvalue weighted by atomic mass is 9.78. The Labute approximate surface area is 314 Å². The van der Waals surface area contributed by atoms with Crippen molar-refractivity contribution in [2.24, 2.45) is 5.92 Å². The fraction of sp³-hybridized carbons (Fsp3) is 0.240. The van der Waals surface area contributed by atoms with Crippen molar-refractivity contribution in [1.82, 2.24) is 4.57 Å². The quantitative estimate of drug-likeness (QED) is 0.212. The fourth-order valence-corrected chi connectivity index (χ4v) is 8.99. The zero-order valence-electron chi connectivity index (χ0n) is 30.9. The first-order valence-electron chi connectivity index (χ1n) is 19.5. The molecule has 0 saturated carbocycles. The molecular weight excluding hydrogens is 647 g/mol. The zero-order chi connectivity index (χ0) is 35.7. The van der Waals surface area contributed by atoms with Crippen LogP contribution < -0.4 is 4.74 Å². The van der Waals surface area contributed by atoms with E-state index in [4.69, 9.17) is 9.47 Å². The number of benzene rings is 3. The summed E-state index contributed by atoms with van der Waals surface area (Å²) in [5, 5.41) is 1.28. The van der Waals surface area contributed by atoms with Crippen LogP contribution in [0.3, 0.4) is 0 Å². The number of nitrogens with zero attached hydrogens (tertiary/aromatic N) is 1. The van der Waals surface area contributed by atoms with E-state index in [2.05, 4.69) is 158 Å². The SMILES string of the molecule is C/C=C(/c1cccc2c1Oc1ccccc1CC1C(C3=CC=CCC3)=CC=CC1OC1=C(C=CCC1)C2)c1c(C)c2ccccc2n1C1=CC=CCC1. The molecule has 0 radical (unpaired) electrons. The topological polar surface area (TPSA) is 23.4 Å². The molecule has 53 heavy (non-hydrogen) atoms. The van der Waals surface area contributed by atoms with Crippen LogP contribution in [0.25, 0.3) is 22.2 Å². The summed E-state index contributed by atoms with van der Waals surface area (Å²) in [6.07, 6.45) is 34.8. The maximum Gasteiger partial charge on any atom is 0.138 e. The van der Waals surface area contributed by atoms with Gasteiger partial charge in [0.25, 0.3) is 0 Å². The molecule has 1 aromatic heterocycles. The number of ether oxygens (including phenoxy) is 2.